The second kappa shape index (κ2) is 9.06. The average molecular weight is 477 g/mol. The number of hydrogen-bond acceptors (Lipinski definition) is 6. The van der Waals surface area contributed by atoms with Crippen molar-refractivity contribution in [1.29, 1.82) is 0 Å². The van der Waals surface area contributed by atoms with E-state index >= 15 is 0 Å². The minimum absolute atomic E-state index is 0.0131. The van der Waals surface area contributed by atoms with Gasteiger partial charge in [0.05, 0.1) is 17.7 Å². The van der Waals surface area contributed by atoms with Crippen LogP contribution in [0.5, 0.6) is 5.75 Å². The minimum atomic E-state index is -0.785. The molecule has 0 unspecified atom stereocenters. The van der Waals surface area contributed by atoms with Crippen molar-refractivity contribution in [2.45, 2.75) is 52.2 Å². The number of rotatable bonds is 5. The third-order valence-corrected chi connectivity index (χ3v) is 6.43. The number of hydrogen-bond donors (Lipinski definition) is 1. The Hall–Kier alpha value is -3.45. The average Bonchev–Trinajstić information content (AvgIpc) is 3.40. The Morgan fingerprint density at radius 2 is 1.71 bits per heavy atom. The van der Waals surface area contributed by atoms with Crippen LogP contribution in [0.25, 0.3) is 5.76 Å². The molecule has 2 heterocycles. The molecule has 6 nitrogen and oxygen atoms in total. The van der Waals surface area contributed by atoms with Crippen LogP contribution in [-0.4, -0.2) is 27.9 Å². The van der Waals surface area contributed by atoms with E-state index in [1.807, 2.05) is 38.1 Å². The molecule has 1 fully saturated rings. The van der Waals surface area contributed by atoms with Crippen molar-refractivity contribution in [2.75, 3.05) is 4.90 Å². The lowest BCUT2D eigenvalue weighted by molar-refractivity contribution is -0.132. The van der Waals surface area contributed by atoms with Crippen molar-refractivity contribution in [3.63, 3.8) is 0 Å². The Morgan fingerprint density at radius 1 is 1.06 bits per heavy atom. The zero-order valence-corrected chi connectivity index (χ0v) is 20.7. The number of benzene rings is 2. The Balaban J connectivity index is 1.84. The maximum atomic E-state index is 13.2. The van der Waals surface area contributed by atoms with Gasteiger partial charge in [-0.1, -0.05) is 45.0 Å². The van der Waals surface area contributed by atoms with E-state index < -0.39 is 17.7 Å². The number of ketones is 1. The highest BCUT2D eigenvalue weighted by Gasteiger charge is 2.48. The van der Waals surface area contributed by atoms with Crippen LogP contribution >= 0.6 is 11.3 Å². The van der Waals surface area contributed by atoms with E-state index in [-0.39, 0.29) is 22.9 Å². The summed E-state index contributed by atoms with van der Waals surface area (Å²) in [6.45, 7) is 10.2. The summed E-state index contributed by atoms with van der Waals surface area (Å²) in [6, 6.07) is 13.9. The van der Waals surface area contributed by atoms with Gasteiger partial charge < -0.3 is 9.84 Å². The predicted octanol–water partition coefficient (Wildman–Crippen LogP) is 5.85. The zero-order valence-electron chi connectivity index (χ0n) is 19.9. The summed E-state index contributed by atoms with van der Waals surface area (Å²) in [6.07, 6.45) is 1.60. The first kappa shape index (κ1) is 23.7. The number of aromatic nitrogens is 1. The van der Waals surface area contributed by atoms with Gasteiger partial charge in [0.15, 0.2) is 5.13 Å². The van der Waals surface area contributed by atoms with Gasteiger partial charge in [0.2, 0.25) is 0 Å². The molecule has 0 aliphatic carbocycles. The smallest absolute Gasteiger partial charge is 0.301 e. The highest BCUT2D eigenvalue weighted by atomic mass is 32.1. The number of anilines is 1. The molecule has 1 N–H and O–H groups in total. The standard InChI is InChI=1S/C27H28N2O4S/c1-16(2)33-20-12-8-18(9-13-20)23(30)21-22(17-6-10-19(11-7-17)27(3,4)5)29(25(32)24(21)31)26-28-14-15-34-26/h6-16,22,30H,1-5H3/t22-/m1/s1. The normalized spacial score (nSPS) is 18.1. The molecule has 0 spiro atoms. The Labute approximate surface area is 203 Å². The molecule has 0 radical (unpaired) electrons. The maximum Gasteiger partial charge on any atom is 0.301 e. The van der Waals surface area contributed by atoms with Gasteiger partial charge in [0.25, 0.3) is 5.78 Å². The predicted molar refractivity (Wildman–Crippen MR) is 134 cm³/mol. The van der Waals surface area contributed by atoms with E-state index in [9.17, 15) is 14.7 Å². The van der Waals surface area contributed by atoms with E-state index in [1.54, 1.807) is 35.8 Å². The fourth-order valence-corrected chi connectivity index (χ4v) is 4.63. The van der Waals surface area contributed by atoms with E-state index in [0.29, 0.717) is 16.4 Å². The van der Waals surface area contributed by atoms with Crippen LogP contribution < -0.4 is 9.64 Å². The van der Waals surface area contributed by atoms with Gasteiger partial charge in [0.1, 0.15) is 11.5 Å². The van der Waals surface area contributed by atoms with Crippen LogP contribution in [0.4, 0.5) is 5.13 Å². The molecule has 1 amide bonds. The van der Waals surface area contributed by atoms with E-state index in [1.165, 1.54) is 16.2 Å². The molecule has 7 heteroatoms. The Bertz CT molecular complexity index is 1220. The molecule has 0 saturated carbocycles. The molecule has 3 aromatic rings. The molecule has 34 heavy (non-hydrogen) atoms. The second-order valence-corrected chi connectivity index (χ2v) is 10.4. The summed E-state index contributed by atoms with van der Waals surface area (Å²) in [5.74, 6) is -1.01. The monoisotopic (exact) mass is 476 g/mol. The number of thiazole rings is 1. The molecule has 4 rings (SSSR count). The van der Waals surface area contributed by atoms with Gasteiger partial charge in [0, 0.05) is 17.1 Å². The van der Waals surface area contributed by atoms with Crippen LogP contribution in [-0.2, 0) is 15.0 Å². The number of carbonyl (C=O) groups is 2. The van der Waals surface area contributed by atoms with Crippen molar-refractivity contribution in [1.82, 2.24) is 4.98 Å². The molecular weight excluding hydrogens is 448 g/mol. The molecule has 1 aliphatic rings. The highest BCUT2D eigenvalue weighted by Crippen LogP contribution is 2.43. The van der Waals surface area contributed by atoms with E-state index in [4.69, 9.17) is 4.74 Å². The van der Waals surface area contributed by atoms with Crippen molar-refractivity contribution in [3.05, 3.63) is 82.4 Å². The fourth-order valence-electron chi connectivity index (χ4n) is 3.96. The van der Waals surface area contributed by atoms with Gasteiger partial charge >= 0.3 is 5.91 Å². The molecule has 1 aromatic heterocycles. The Kier molecular flexibility index (Phi) is 6.32. The van der Waals surface area contributed by atoms with Crippen LogP contribution in [0.15, 0.2) is 65.7 Å². The van der Waals surface area contributed by atoms with Crippen LogP contribution in [0.1, 0.15) is 57.4 Å². The molecule has 1 aliphatic heterocycles. The summed E-state index contributed by atoms with van der Waals surface area (Å²) in [5, 5.41) is 13.4. The van der Waals surface area contributed by atoms with Crippen LogP contribution in [0.3, 0.4) is 0 Å². The molecule has 0 bridgehead atoms. The lowest BCUT2D eigenvalue weighted by Crippen LogP contribution is -2.29. The van der Waals surface area contributed by atoms with Crippen molar-refractivity contribution < 1.29 is 19.4 Å². The third kappa shape index (κ3) is 4.48. The molecule has 176 valence electrons. The minimum Gasteiger partial charge on any atom is -0.507 e. The summed E-state index contributed by atoms with van der Waals surface area (Å²) in [7, 11) is 0. The van der Waals surface area contributed by atoms with Crippen LogP contribution in [0.2, 0.25) is 0 Å². The van der Waals surface area contributed by atoms with Crippen LogP contribution in [0, 0.1) is 0 Å². The van der Waals surface area contributed by atoms with Crippen molar-refractivity contribution in [3.8, 4) is 5.75 Å². The summed E-state index contributed by atoms with van der Waals surface area (Å²) in [4.78, 5) is 32.0. The molecule has 1 atom stereocenters. The summed E-state index contributed by atoms with van der Waals surface area (Å²) < 4.78 is 5.67. The quantitative estimate of drug-likeness (QED) is 0.284. The number of amides is 1. The topological polar surface area (TPSA) is 79.7 Å². The second-order valence-electron chi connectivity index (χ2n) is 9.55. The first-order valence-corrected chi connectivity index (χ1v) is 12.0. The van der Waals surface area contributed by atoms with Gasteiger partial charge in [-0.2, -0.15) is 0 Å². The van der Waals surface area contributed by atoms with Gasteiger partial charge in [-0.3, -0.25) is 14.5 Å². The van der Waals surface area contributed by atoms with Gasteiger partial charge in [-0.25, -0.2) is 4.98 Å². The highest BCUT2D eigenvalue weighted by molar-refractivity contribution is 7.14. The van der Waals surface area contributed by atoms with Crippen molar-refractivity contribution >= 4 is 33.9 Å². The van der Waals surface area contributed by atoms with E-state index in [2.05, 4.69) is 25.8 Å². The third-order valence-electron chi connectivity index (χ3n) is 5.66. The fraction of sp³-hybridized carbons (Fsp3) is 0.296. The maximum absolute atomic E-state index is 13.2. The largest absolute Gasteiger partial charge is 0.507 e. The lowest BCUT2D eigenvalue weighted by Gasteiger charge is -2.24. The summed E-state index contributed by atoms with van der Waals surface area (Å²) >= 11 is 1.27. The Morgan fingerprint density at radius 3 is 2.24 bits per heavy atom. The van der Waals surface area contributed by atoms with E-state index in [0.717, 1.165) is 11.1 Å². The molecule has 2 aromatic carbocycles. The molecule has 1 saturated heterocycles. The SMILES string of the molecule is CC(C)Oc1ccc(C(O)=C2C(=O)C(=O)N(c3nccs3)[C@@H]2c2ccc(C(C)(C)C)cc2)cc1. The number of aliphatic hydroxyl groups excluding tert-OH is 1. The first-order chi connectivity index (χ1) is 16.1. The number of aliphatic hydroxyl groups is 1. The molecular formula is C27H28N2O4S. The summed E-state index contributed by atoms with van der Waals surface area (Å²) in [5.41, 5.74) is 2.29. The first-order valence-electron chi connectivity index (χ1n) is 11.2. The van der Waals surface area contributed by atoms with Crippen molar-refractivity contribution in [2.24, 2.45) is 0 Å². The van der Waals surface area contributed by atoms with Gasteiger partial charge in [-0.15, -0.1) is 11.3 Å². The number of ether oxygens (including phenoxy) is 1. The van der Waals surface area contributed by atoms with Gasteiger partial charge in [-0.05, 0) is 54.7 Å². The number of nitrogens with zero attached hydrogens (tertiary/aromatic N) is 2. The lowest BCUT2D eigenvalue weighted by atomic mass is 9.85. The number of carbonyl (C=O) groups excluding carboxylic acids is 2. The number of Topliss-reactive ketones (excluding diaryl/α,β-unsaturated/α-hetero) is 1. The zero-order chi connectivity index (χ0) is 24.6.